The van der Waals surface area contributed by atoms with Gasteiger partial charge in [0, 0.05) is 6.42 Å². The number of aliphatic hydroxyl groups excluding tert-OH is 1. The highest BCUT2D eigenvalue weighted by atomic mass is 31.2. The number of phosphoric ester groups is 1. The number of quaternary nitrogens is 1. The molecule has 0 heterocycles. The summed E-state index contributed by atoms with van der Waals surface area (Å²) < 4.78 is 22.7. The smallest absolute Gasteiger partial charge is 0.268 e. The predicted octanol–water partition coefficient (Wildman–Crippen LogP) is 11.3. The third-order valence-electron chi connectivity index (χ3n) is 9.55. The first kappa shape index (κ1) is 51.7. The summed E-state index contributed by atoms with van der Waals surface area (Å²) >= 11 is 0. The molecule has 0 rings (SSSR count). The standard InChI is InChI=1S/C44H85N2O6P/c1-6-8-9-10-11-12-13-14-15-16-17-18-19-20-21-22-23-24-25-26-27-28-29-30-31-32-33-34-35-36-38-43(47)42(45-44(48)37-7-2)41-52-53(49,50)51-40-39-46(3,4)5/h28-29,32-33,36,38,42-43,47H,6-27,30-31,34-35,37,39-41H2,1-5H3,(H-,45,48,49,50)/b29-28+,33-32+,38-36+. The molecule has 0 saturated carbocycles. The second-order valence-electron chi connectivity index (χ2n) is 16.0. The maximum absolute atomic E-state index is 12.2. The van der Waals surface area contributed by atoms with Gasteiger partial charge < -0.3 is 28.8 Å². The summed E-state index contributed by atoms with van der Waals surface area (Å²) in [4.78, 5) is 24.4. The Balaban J connectivity index is 3.86. The zero-order chi connectivity index (χ0) is 39.3. The first-order chi connectivity index (χ1) is 25.5. The zero-order valence-corrected chi connectivity index (χ0v) is 36.1. The summed E-state index contributed by atoms with van der Waals surface area (Å²) in [6.07, 6.45) is 45.4. The summed E-state index contributed by atoms with van der Waals surface area (Å²) in [6, 6.07) is -0.902. The van der Waals surface area contributed by atoms with E-state index in [1.54, 1.807) is 6.08 Å². The van der Waals surface area contributed by atoms with Gasteiger partial charge in [-0.1, -0.05) is 172 Å². The molecule has 9 heteroatoms. The van der Waals surface area contributed by atoms with Crippen LogP contribution >= 0.6 is 7.82 Å². The quantitative estimate of drug-likeness (QED) is 0.0279. The van der Waals surface area contributed by atoms with Crippen molar-refractivity contribution in [3.63, 3.8) is 0 Å². The zero-order valence-electron chi connectivity index (χ0n) is 35.2. The monoisotopic (exact) mass is 769 g/mol. The fourth-order valence-corrected chi connectivity index (χ4v) is 6.83. The number of unbranched alkanes of at least 4 members (excludes halogenated alkanes) is 22. The predicted molar refractivity (Wildman–Crippen MR) is 224 cm³/mol. The fraction of sp³-hybridized carbons (Fsp3) is 0.841. The summed E-state index contributed by atoms with van der Waals surface area (Å²) in [5.41, 5.74) is 0. The molecule has 0 spiro atoms. The van der Waals surface area contributed by atoms with Gasteiger partial charge in [-0.2, -0.15) is 0 Å². The topological polar surface area (TPSA) is 108 Å². The maximum Gasteiger partial charge on any atom is 0.268 e. The Bertz CT molecular complexity index is 964. The van der Waals surface area contributed by atoms with Crippen LogP contribution in [-0.2, 0) is 18.4 Å². The Morgan fingerprint density at radius 2 is 1.06 bits per heavy atom. The van der Waals surface area contributed by atoms with Crippen molar-refractivity contribution in [1.82, 2.24) is 5.32 Å². The number of allylic oxidation sites excluding steroid dienone is 5. The van der Waals surface area contributed by atoms with Crippen molar-refractivity contribution in [1.29, 1.82) is 0 Å². The second kappa shape index (κ2) is 36.4. The van der Waals surface area contributed by atoms with Gasteiger partial charge in [0.2, 0.25) is 5.91 Å². The van der Waals surface area contributed by atoms with E-state index in [0.717, 1.165) is 25.7 Å². The van der Waals surface area contributed by atoms with Gasteiger partial charge in [0.25, 0.3) is 7.82 Å². The van der Waals surface area contributed by atoms with Crippen LogP contribution in [0.3, 0.4) is 0 Å². The molecule has 312 valence electrons. The number of phosphoric acid groups is 1. The van der Waals surface area contributed by atoms with Crippen molar-refractivity contribution < 1.29 is 32.9 Å². The van der Waals surface area contributed by atoms with E-state index in [-0.39, 0.29) is 18.9 Å². The van der Waals surface area contributed by atoms with Crippen LogP contribution in [0.5, 0.6) is 0 Å². The SMILES string of the molecule is CCCCCCCCCCCCCCCCCCCCCC/C=C/CC/C=C/CC/C=C/C(O)C(COP(=O)([O-])OCC[N+](C)(C)C)NC(=O)CCC. The molecular weight excluding hydrogens is 683 g/mol. The molecule has 53 heavy (non-hydrogen) atoms. The third kappa shape index (κ3) is 38.8. The summed E-state index contributed by atoms with van der Waals surface area (Å²) in [5, 5.41) is 13.4. The molecule has 3 unspecified atom stereocenters. The summed E-state index contributed by atoms with van der Waals surface area (Å²) in [7, 11) is 1.23. The molecule has 0 bridgehead atoms. The van der Waals surface area contributed by atoms with Crippen LogP contribution in [0, 0.1) is 0 Å². The molecule has 8 nitrogen and oxygen atoms in total. The van der Waals surface area contributed by atoms with Crippen LogP contribution in [0.1, 0.15) is 187 Å². The lowest BCUT2D eigenvalue weighted by Crippen LogP contribution is -2.45. The van der Waals surface area contributed by atoms with E-state index in [9.17, 15) is 19.4 Å². The Labute approximate surface area is 327 Å². The van der Waals surface area contributed by atoms with Crippen molar-refractivity contribution in [2.75, 3.05) is 40.9 Å². The average molecular weight is 769 g/mol. The Morgan fingerprint density at radius 1 is 0.642 bits per heavy atom. The lowest BCUT2D eigenvalue weighted by atomic mass is 10.0. The number of likely N-dealkylation sites (N-methyl/N-ethyl adjacent to an activating group) is 1. The van der Waals surface area contributed by atoms with Crippen molar-refractivity contribution in [2.24, 2.45) is 0 Å². The summed E-state index contributed by atoms with van der Waals surface area (Å²) in [6.45, 7) is 4.24. The van der Waals surface area contributed by atoms with Gasteiger partial charge in [-0.25, -0.2) is 0 Å². The molecule has 1 amide bonds. The van der Waals surface area contributed by atoms with Crippen molar-refractivity contribution in [3.05, 3.63) is 36.5 Å². The molecule has 0 aliphatic rings. The number of rotatable bonds is 39. The molecule has 0 radical (unpaired) electrons. The van der Waals surface area contributed by atoms with Crippen LogP contribution in [-0.4, -0.2) is 68.5 Å². The molecular formula is C44H85N2O6P. The minimum Gasteiger partial charge on any atom is -0.756 e. The van der Waals surface area contributed by atoms with Crippen molar-refractivity contribution >= 4 is 13.7 Å². The van der Waals surface area contributed by atoms with Gasteiger partial charge in [-0.3, -0.25) is 9.36 Å². The fourth-order valence-electron chi connectivity index (χ4n) is 6.11. The molecule has 0 aromatic carbocycles. The van der Waals surface area contributed by atoms with E-state index in [1.807, 2.05) is 34.1 Å². The van der Waals surface area contributed by atoms with Crippen LogP contribution in [0.2, 0.25) is 0 Å². The third-order valence-corrected chi connectivity index (χ3v) is 10.5. The van der Waals surface area contributed by atoms with E-state index < -0.39 is 26.6 Å². The van der Waals surface area contributed by atoms with Crippen molar-refractivity contribution in [2.45, 2.75) is 199 Å². The first-order valence-electron chi connectivity index (χ1n) is 21.9. The van der Waals surface area contributed by atoms with E-state index in [2.05, 4.69) is 36.5 Å². The molecule has 0 aliphatic heterocycles. The number of hydrogen-bond acceptors (Lipinski definition) is 6. The van der Waals surface area contributed by atoms with E-state index >= 15 is 0 Å². The Morgan fingerprint density at radius 3 is 1.49 bits per heavy atom. The normalized spacial score (nSPS) is 14.8. The molecule has 2 N–H and O–H groups in total. The number of nitrogens with zero attached hydrogens (tertiary/aromatic N) is 1. The minimum atomic E-state index is -4.57. The molecule has 0 saturated heterocycles. The van der Waals surface area contributed by atoms with Crippen LogP contribution < -0.4 is 10.2 Å². The van der Waals surface area contributed by atoms with Crippen LogP contribution in [0.15, 0.2) is 36.5 Å². The minimum absolute atomic E-state index is 0.0108. The first-order valence-corrected chi connectivity index (χ1v) is 23.3. The number of nitrogens with one attached hydrogen (secondary N) is 1. The van der Waals surface area contributed by atoms with E-state index in [0.29, 0.717) is 17.4 Å². The van der Waals surface area contributed by atoms with E-state index in [4.69, 9.17) is 9.05 Å². The molecule has 0 aliphatic carbocycles. The molecule has 0 aromatic heterocycles. The summed E-state index contributed by atoms with van der Waals surface area (Å²) in [5.74, 6) is -0.266. The largest absolute Gasteiger partial charge is 0.756 e. The number of aliphatic hydroxyl groups is 1. The van der Waals surface area contributed by atoms with E-state index in [1.165, 1.54) is 135 Å². The lowest BCUT2D eigenvalue weighted by molar-refractivity contribution is -0.870. The van der Waals surface area contributed by atoms with Crippen LogP contribution in [0.25, 0.3) is 0 Å². The highest BCUT2D eigenvalue weighted by Crippen LogP contribution is 2.38. The Kier molecular flexibility index (Phi) is 35.5. The number of carbonyl (C=O) groups is 1. The second-order valence-corrected chi connectivity index (χ2v) is 17.4. The number of hydrogen-bond donors (Lipinski definition) is 2. The highest BCUT2D eigenvalue weighted by Gasteiger charge is 2.23. The van der Waals surface area contributed by atoms with Crippen molar-refractivity contribution in [3.8, 4) is 0 Å². The maximum atomic E-state index is 12.2. The molecule has 3 atom stereocenters. The van der Waals surface area contributed by atoms with Crippen LogP contribution in [0.4, 0.5) is 0 Å². The van der Waals surface area contributed by atoms with Gasteiger partial charge in [0.15, 0.2) is 0 Å². The number of carbonyl (C=O) groups excluding carboxylic acids is 1. The van der Waals surface area contributed by atoms with Gasteiger partial charge in [0.1, 0.15) is 13.2 Å². The van der Waals surface area contributed by atoms with Gasteiger partial charge in [-0.15, -0.1) is 0 Å². The molecule has 0 aromatic rings. The van der Waals surface area contributed by atoms with Gasteiger partial charge in [-0.05, 0) is 44.9 Å². The highest BCUT2D eigenvalue weighted by molar-refractivity contribution is 7.45. The number of amides is 1. The van der Waals surface area contributed by atoms with Gasteiger partial charge >= 0.3 is 0 Å². The van der Waals surface area contributed by atoms with Gasteiger partial charge in [0.05, 0.1) is 39.9 Å². The lowest BCUT2D eigenvalue weighted by Gasteiger charge is -2.29. The average Bonchev–Trinajstić information content (AvgIpc) is 3.10. The Hall–Kier alpha value is -1.28. The molecule has 0 fully saturated rings.